The minimum Gasteiger partial charge on any atom is -0.314 e. The van der Waals surface area contributed by atoms with Crippen LogP contribution >= 0.6 is 0 Å². The highest BCUT2D eigenvalue weighted by molar-refractivity contribution is 7.90. The first kappa shape index (κ1) is 11.2. The Morgan fingerprint density at radius 3 is 2.50 bits per heavy atom. The third-order valence-corrected chi connectivity index (χ3v) is 3.76. The molecule has 8 heteroatoms. The summed E-state index contributed by atoms with van der Waals surface area (Å²) in [5, 5.41) is 3.09. The zero-order chi connectivity index (χ0) is 11.4. The van der Waals surface area contributed by atoms with E-state index in [0.29, 0.717) is 31.9 Å². The van der Waals surface area contributed by atoms with Crippen LogP contribution in [0.25, 0.3) is 0 Å². The molecule has 88 valence electrons. The van der Waals surface area contributed by atoms with Gasteiger partial charge in [0.1, 0.15) is 6.33 Å². The van der Waals surface area contributed by atoms with Gasteiger partial charge in [0.2, 0.25) is 0 Å². The van der Waals surface area contributed by atoms with Gasteiger partial charge in [-0.25, -0.2) is 9.97 Å². The van der Waals surface area contributed by atoms with Gasteiger partial charge in [0.25, 0.3) is 0 Å². The zero-order valence-electron chi connectivity index (χ0n) is 8.63. The van der Waals surface area contributed by atoms with Crippen molar-refractivity contribution in [3.05, 3.63) is 18.7 Å². The van der Waals surface area contributed by atoms with Gasteiger partial charge in [0, 0.05) is 26.2 Å². The van der Waals surface area contributed by atoms with Crippen LogP contribution in [0.1, 0.15) is 0 Å². The molecule has 0 amide bonds. The fraction of sp³-hybridized carbons (Fsp3) is 0.500. The Hall–Kier alpha value is -1.25. The van der Waals surface area contributed by atoms with Gasteiger partial charge in [0.05, 0.1) is 18.1 Å². The highest BCUT2D eigenvalue weighted by atomic mass is 32.2. The number of rotatable bonds is 3. The van der Waals surface area contributed by atoms with Gasteiger partial charge in [0.15, 0.2) is 0 Å². The van der Waals surface area contributed by atoms with E-state index in [1.54, 1.807) is 0 Å². The predicted molar refractivity (Wildman–Crippen MR) is 59.0 cm³/mol. The van der Waals surface area contributed by atoms with E-state index in [9.17, 15) is 8.42 Å². The molecule has 0 atom stereocenters. The molecule has 0 spiro atoms. The Morgan fingerprint density at radius 2 is 1.88 bits per heavy atom. The van der Waals surface area contributed by atoms with Gasteiger partial charge in [-0.3, -0.25) is 4.72 Å². The molecule has 2 N–H and O–H groups in total. The van der Waals surface area contributed by atoms with Crippen LogP contribution < -0.4 is 10.0 Å². The Bertz CT molecular complexity index is 429. The van der Waals surface area contributed by atoms with Gasteiger partial charge in [-0.05, 0) is 0 Å². The molecule has 0 aliphatic carbocycles. The van der Waals surface area contributed by atoms with E-state index < -0.39 is 10.2 Å². The molecule has 1 aliphatic rings. The predicted octanol–water partition coefficient (Wildman–Crippen LogP) is -0.961. The minimum atomic E-state index is -3.47. The highest BCUT2D eigenvalue weighted by Crippen LogP contribution is 2.08. The van der Waals surface area contributed by atoms with Crippen LogP contribution in [0.2, 0.25) is 0 Å². The van der Waals surface area contributed by atoms with Crippen LogP contribution in [0.5, 0.6) is 0 Å². The number of piperazine rings is 1. The molecule has 2 heterocycles. The van der Waals surface area contributed by atoms with Crippen LogP contribution in [-0.4, -0.2) is 48.9 Å². The zero-order valence-corrected chi connectivity index (χ0v) is 9.44. The monoisotopic (exact) mass is 243 g/mol. The lowest BCUT2D eigenvalue weighted by molar-refractivity contribution is 0.362. The fourth-order valence-electron chi connectivity index (χ4n) is 1.45. The SMILES string of the molecule is O=S(=O)(Nc1cncnc1)N1CCNCC1. The van der Waals surface area contributed by atoms with E-state index in [2.05, 4.69) is 20.0 Å². The van der Waals surface area contributed by atoms with Crippen molar-refractivity contribution in [1.82, 2.24) is 19.6 Å². The lowest BCUT2D eigenvalue weighted by atomic mass is 10.4. The molecule has 16 heavy (non-hydrogen) atoms. The normalized spacial score (nSPS) is 18.2. The third-order valence-electron chi connectivity index (χ3n) is 2.22. The lowest BCUT2D eigenvalue weighted by Crippen LogP contribution is -2.48. The molecule has 2 rings (SSSR count). The smallest absolute Gasteiger partial charge is 0.301 e. The first-order valence-electron chi connectivity index (χ1n) is 4.92. The molecule has 1 aromatic heterocycles. The van der Waals surface area contributed by atoms with Crippen molar-refractivity contribution in [1.29, 1.82) is 0 Å². The van der Waals surface area contributed by atoms with Gasteiger partial charge in [-0.15, -0.1) is 0 Å². The van der Waals surface area contributed by atoms with Crippen LogP contribution in [0.3, 0.4) is 0 Å². The summed E-state index contributed by atoms with van der Waals surface area (Å²) in [4.78, 5) is 7.49. The molecule has 7 nitrogen and oxygen atoms in total. The van der Waals surface area contributed by atoms with E-state index in [1.807, 2.05) is 0 Å². The van der Waals surface area contributed by atoms with Crippen molar-refractivity contribution >= 4 is 15.9 Å². The summed E-state index contributed by atoms with van der Waals surface area (Å²) >= 11 is 0. The topological polar surface area (TPSA) is 87.2 Å². The van der Waals surface area contributed by atoms with Crippen molar-refractivity contribution < 1.29 is 8.42 Å². The van der Waals surface area contributed by atoms with E-state index >= 15 is 0 Å². The first-order chi connectivity index (χ1) is 7.68. The van der Waals surface area contributed by atoms with Crippen LogP contribution in [0.4, 0.5) is 5.69 Å². The van der Waals surface area contributed by atoms with Crippen LogP contribution in [-0.2, 0) is 10.2 Å². The molecule has 1 fully saturated rings. The molecule has 0 bridgehead atoms. The van der Waals surface area contributed by atoms with Crippen molar-refractivity contribution in [2.24, 2.45) is 0 Å². The summed E-state index contributed by atoms with van der Waals surface area (Å²) in [7, 11) is -3.47. The van der Waals surface area contributed by atoms with Crippen molar-refractivity contribution in [2.75, 3.05) is 30.9 Å². The summed E-state index contributed by atoms with van der Waals surface area (Å²) < 4.78 is 27.6. The number of nitrogens with zero attached hydrogens (tertiary/aromatic N) is 3. The molecule has 1 aromatic rings. The van der Waals surface area contributed by atoms with E-state index in [-0.39, 0.29) is 0 Å². The molecule has 0 saturated carbocycles. The molecule has 1 aliphatic heterocycles. The molecule has 0 unspecified atom stereocenters. The van der Waals surface area contributed by atoms with Crippen LogP contribution in [0.15, 0.2) is 18.7 Å². The minimum absolute atomic E-state index is 0.376. The maximum atomic E-state index is 11.9. The highest BCUT2D eigenvalue weighted by Gasteiger charge is 2.23. The third kappa shape index (κ3) is 2.65. The molecular formula is C8H13N5O2S. The maximum Gasteiger partial charge on any atom is 0.301 e. The Balaban J connectivity index is 2.08. The summed E-state index contributed by atoms with van der Waals surface area (Å²) in [6.07, 6.45) is 4.20. The second-order valence-electron chi connectivity index (χ2n) is 3.38. The Labute approximate surface area is 94.1 Å². The molecule has 0 aromatic carbocycles. The molecule has 1 saturated heterocycles. The summed E-state index contributed by atoms with van der Waals surface area (Å²) in [6.45, 7) is 2.30. The number of hydrogen-bond acceptors (Lipinski definition) is 5. The summed E-state index contributed by atoms with van der Waals surface area (Å²) in [6, 6.07) is 0. The van der Waals surface area contributed by atoms with E-state index in [0.717, 1.165) is 0 Å². The number of hydrogen-bond donors (Lipinski definition) is 2. The van der Waals surface area contributed by atoms with Gasteiger partial charge in [-0.1, -0.05) is 0 Å². The number of nitrogens with one attached hydrogen (secondary N) is 2. The van der Waals surface area contributed by atoms with Gasteiger partial charge >= 0.3 is 10.2 Å². The van der Waals surface area contributed by atoms with Gasteiger partial charge < -0.3 is 5.32 Å². The van der Waals surface area contributed by atoms with Crippen molar-refractivity contribution in [3.8, 4) is 0 Å². The van der Waals surface area contributed by atoms with Crippen LogP contribution in [0, 0.1) is 0 Å². The number of aromatic nitrogens is 2. The van der Waals surface area contributed by atoms with E-state index in [1.165, 1.54) is 23.0 Å². The molecule has 0 radical (unpaired) electrons. The second kappa shape index (κ2) is 4.73. The van der Waals surface area contributed by atoms with E-state index in [4.69, 9.17) is 0 Å². The Morgan fingerprint density at radius 1 is 1.25 bits per heavy atom. The number of anilines is 1. The van der Waals surface area contributed by atoms with Crippen molar-refractivity contribution in [2.45, 2.75) is 0 Å². The lowest BCUT2D eigenvalue weighted by Gasteiger charge is -2.26. The summed E-state index contributed by atoms with van der Waals surface area (Å²) in [5.41, 5.74) is 0.376. The average Bonchev–Trinajstić information content (AvgIpc) is 2.31. The standard InChI is InChI=1S/C8H13N5O2S/c14-16(15,13-3-1-9-2-4-13)12-8-5-10-7-11-6-8/h5-7,9,12H,1-4H2. The first-order valence-corrected chi connectivity index (χ1v) is 6.36. The maximum absolute atomic E-state index is 11.9. The fourth-order valence-corrected chi connectivity index (χ4v) is 2.65. The average molecular weight is 243 g/mol. The summed E-state index contributed by atoms with van der Waals surface area (Å²) in [5.74, 6) is 0. The second-order valence-corrected chi connectivity index (χ2v) is 5.05. The largest absolute Gasteiger partial charge is 0.314 e. The molecular weight excluding hydrogens is 230 g/mol. The quantitative estimate of drug-likeness (QED) is 0.714. The Kier molecular flexibility index (Phi) is 3.32. The van der Waals surface area contributed by atoms with Gasteiger partial charge in [-0.2, -0.15) is 12.7 Å². The van der Waals surface area contributed by atoms with Crippen molar-refractivity contribution in [3.63, 3.8) is 0 Å².